The molecule has 0 rings (SSSR count). The molecule has 0 heterocycles. The van der Waals surface area contributed by atoms with E-state index < -0.39 is 0 Å². The lowest BCUT2D eigenvalue weighted by Gasteiger charge is -2.16. The molecule has 0 aliphatic rings. The average Bonchev–Trinajstić information content (AvgIpc) is 2.28. The number of hydrogen-bond acceptors (Lipinski definition) is 4. The van der Waals surface area contributed by atoms with Gasteiger partial charge in [-0.25, -0.2) is 0 Å². The molecule has 1 unspecified atom stereocenters. The quantitative estimate of drug-likeness (QED) is 0.590. The molecule has 2 N–H and O–H groups in total. The summed E-state index contributed by atoms with van der Waals surface area (Å²) in [5.41, 5.74) is 0. The summed E-state index contributed by atoms with van der Waals surface area (Å²) in [7, 11) is 0. The van der Waals surface area contributed by atoms with E-state index in [2.05, 4.69) is 10.6 Å². The van der Waals surface area contributed by atoms with Crippen LogP contribution in [0.2, 0.25) is 0 Å². The molecule has 1 atom stereocenters. The van der Waals surface area contributed by atoms with Crippen LogP contribution >= 0.6 is 0 Å². The van der Waals surface area contributed by atoms with Crippen molar-refractivity contribution in [1.82, 2.24) is 10.6 Å². The molecular weight excluding hydrogens is 220 g/mol. The molecule has 100 valence electrons. The Morgan fingerprint density at radius 3 is 2.47 bits per heavy atom. The molecule has 5 heteroatoms. The van der Waals surface area contributed by atoms with Crippen molar-refractivity contribution in [2.75, 3.05) is 19.7 Å². The number of ether oxygens (including phenoxy) is 1. The van der Waals surface area contributed by atoms with Crippen LogP contribution < -0.4 is 10.6 Å². The van der Waals surface area contributed by atoms with Gasteiger partial charge >= 0.3 is 5.97 Å². The lowest BCUT2D eigenvalue weighted by molar-refractivity contribution is -0.146. The molecule has 0 saturated carbocycles. The van der Waals surface area contributed by atoms with Crippen LogP contribution in [0, 0.1) is 0 Å². The van der Waals surface area contributed by atoms with Gasteiger partial charge in [0.05, 0.1) is 6.61 Å². The third-order valence-corrected chi connectivity index (χ3v) is 2.27. The standard InChI is InChI=1S/C12H24N2O3/c1-4-7-10(12(16)17-6-3)14-9-8-11(15)13-5-2/h10,14H,4-9H2,1-3H3,(H,13,15). The predicted octanol–water partition coefficient (Wildman–Crippen LogP) is 0.834. The largest absolute Gasteiger partial charge is 0.465 e. The Kier molecular flexibility index (Phi) is 9.43. The van der Waals surface area contributed by atoms with Crippen molar-refractivity contribution in [2.24, 2.45) is 0 Å². The van der Waals surface area contributed by atoms with E-state index in [4.69, 9.17) is 4.74 Å². The van der Waals surface area contributed by atoms with Crippen molar-refractivity contribution in [1.29, 1.82) is 0 Å². The van der Waals surface area contributed by atoms with Crippen LogP contribution in [-0.4, -0.2) is 37.6 Å². The first-order valence-corrected chi connectivity index (χ1v) is 6.32. The third-order valence-electron chi connectivity index (χ3n) is 2.27. The van der Waals surface area contributed by atoms with Gasteiger partial charge < -0.3 is 15.4 Å². The fraction of sp³-hybridized carbons (Fsp3) is 0.833. The second kappa shape index (κ2) is 10.1. The molecule has 0 aliphatic heterocycles. The molecule has 17 heavy (non-hydrogen) atoms. The average molecular weight is 244 g/mol. The zero-order valence-corrected chi connectivity index (χ0v) is 11.0. The normalized spacial score (nSPS) is 11.9. The maximum absolute atomic E-state index is 11.5. The number of amides is 1. The summed E-state index contributed by atoms with van der Waals surface area (Å²) in [6, 6.07) is -0.297. The molecule has 0 spiro atoms. The predicted molar refractivity (Wildman–Crippen MR) is 66.6 cm³/mol. The molecule has 0 aliphatic carbocycles. The fourth-order valence-corrected chi connectivity index (χ4v) is 1.48. The van der Waals surface area contributed by atoms with Crippen molar-refractivity contribution in [3.63, 3.8) is 0 Å². The van der Waals surface area contributed by atoms with Crippen molar-refractivity contribution in [3.8, 4) is 0 Å². The first kappa shape index (κ1) is 15.9. The van der Waals surface area contributed by atoms with Crippen LogP contribution in [0.15, 0.2) is 0 Å². The van der Waals surface area contributed by atoms with E-state index in [0.29, 0.717) is 26.1 Å². The minimum Gasteiger partial charge on any atom is -0.465 e. The smallest absolute Gasteiger partial charge is 0.323 e. The first-order valence-electron chi connectivity index (χ1n) is 6.32. The van der Waals surface area contributed by atoms with Gasteiger partial charge in [-0.05, 0) is 20.3 Å². The number of carbonyl (C=O) groups excluding carboxylic acids is 2. The van der Waals surface area contributed by atoms with Crippen LogP contribution in [0.25, 0.3) is 0 Å². The summed E-state index contributed by atoms with van der Waals surface area (Å²) >= 11 is 0. The van der Waals surface area contributed by atoms with E-state index in [1.54, 1.807) is 6.92 Å². The summed E-state index contributed by atoms with van der Waals surface area (Å²) in [5.74, 6) is -0.232. The molecule has 0 radical (unpaired) electrons. The second-order valence-corrected chi connectivity index (χ2v) is 3.75. The van der Waals surface area contributed by atoms with Gasteiger partial charge in [0.2, 0.25) is 5.91 Å². The number of esters is 1. The summed E-state index contributed by atoms with van der Waals surface area (Å²) in [4.78, 5) is 22.8. The molecule has 0 aromatic carbocycles. The van der Waals surface area contributed by atoms with Crippen LogP contribution in [0.4, 0.5) is 0 Å². The van der Waals surface area contributed by atoms with Crippen molar-refractivity contribution < 1.29 is 14.3 Å². The van der Waals surface area contributed by atoms with Gasteiger partial charge in [-0.2, -0.15) is 0 Å². The zero-order chi connectivity index (χ0) is 13.1. The molecule has 0 saturated heterocycles. The summed E-state index contributed by atoms with van der Waals surface area (Å²) in [6.45, 7) is 7.19. The van der Waals surface area contributed by atoms with Gasteiger partial charge in [0, 0.05) is 19.5 Å². The topological polar surface area (TPSA) is 67.4 Å². The fourth-order valence-electron chi connectivity index (χ4n) is 1.48. The highest BCUT2D eigenvalue weighted by atomic mass is 16.5. The molecule has 1 amide bonds. The van der Waals surface area contributed by atoms with Gasteiger partial charge in [-0.1, -0.05) is 13.3 Å². The second-order valence-electron chi connectivity index (χ2n) is 3.75. The van der Waals surface area contributed by atoms with Crippen LogP contribution in [-0.2, 0) is 14.3 Å². The number of nitrogens with one attached hydrogen (secondary N) is 2. The van der Waals surface area contributed by atoms with E-state index in [9.17, 15) is 9.59 Å². The summed E-state index contributed by atoms with van der Waals surface area (Å²) < 4.78 is 4.96. The summed E-state index contributed by atoms with van der Waals surface area (Å²) in [5, 5.41) is 5.77. The van der Waals surface area contributed by atoms with E-state index in [1.165, 1.54) is 0 Å². The van der Waals surface area contributed by atoms with E-state index in [0.717, 1.165) is 12.8 Å². The molecule has 0 fully saturated rings. The van der Waals surface area contributed by atoms with Crippen LogP contribution in [0.3, 0.4) is 0 Å². The monoisotopic (exact) mass is 244 g/mol. The Bertz CT molecular complexity index is 232. The lowest BCUT2D eigenvalue weighted by atomic mass is 10.1. The van der Waals surface area contributed by atoms with Crippen molar-refractivity contribution in [2.45, 2.75) is 46.1 Å². The van der Waals surface area contributed by atoms with Crippen LogP contribution in [0.5, 0.6) is 0 Å². The maximum Gasteiger partial charge on any atom is 0.323 e. The highest BCUT2D eigenvalue weighted by Gasteiger charge is 2.17. The SMILES string of the molecule is CCCC(NCCC(=O)NCC)C(=O)OCC. The Hall–Kier alpha value is -1.10. The Labute approximate surface area is 103 Å². The van der Waals surface area contributed by atoms with Crippen molar-refractivity contribution >= 4 is 11.9 Å². The van der Waals surface area contributed by atoms with Gasteiger partial charge in [0.1, 0.15) is 6.04 Å². The van der Waals surface area contributed by atoms with E-state index in [1.807, 2.05) is 13.8 Å². The number of carbonyl (C=O) groups is 2. The molecule has 0 aromatic heterocycles. The highest BCUT2D eigenvalue weighted by molar-refractivity contribution is 5.77. The Morgan fingerprint density at radius 1 is 1.24 bits per heavy atom. The van der Waals surface area contributed by atoms with Crippen molar-refractivity contribution in [3.05, 3.63) is 0 Å². The highest BCUT2D eigenvalue weighted by Crippen LogP contribution is 1.99. The van der Waals surface area contributed by atoms with Gasteiger partial charge in [0.25, 0.3) is 0 Å². The van der Waals surface area contributed by atoms with Gasteiger partial charge in [-0.3, -0.25) is 9.59 Å². The Morgan fingerprint density at radius 2 is 1.94 bits per heavy atom. The van der Waals surface area contributed by atoms with E-state index >= 15 is 0 Å². The minimum absolute atomic E-state index is 0.000827. The zero-order valence-electron chi connectivity index (χ0n) is 11.0. The minimum atomic E-state index is -0.297. The van der Waals surface area contributed by atoms with Gasteiger partial charge in [0.15, 0.2) is 0 Å². The summed E-state index contributed by atoms with van der Waals surface area (Å²) in [6.07, 6.45) is 2.01. The third kappa shape index (κ3) is 7.74. The lowest BCUT2D eigenvalue weighted by Crippen LogP contribution is -2.40. The number of hydrogen-bond donors (Lipinski definition) is 2. The van der Waals surface area contributed by atoms with E-state index in [-0.39, 0.29) is 17.9 Å². The first-order chi connectivity index (χ1) is 8.15. The molecular formula is C12H24N2O3. The Balaban J connectivity index is 3.92. The molecule has 0 bridgehead atoms. The van der Waals surface area contributed by atoms with Gasteiger partial charge in [-0.15, -0.1) is 0 Å². The molecule has 5 nitrogen and oxygen atoms in total. The molecule has 0 aromatic rings. The van der Waals surface area contributed by atoms with Crippen LogP contribution in [0.1, 0.15) is 40.0 Å². The number of rotatable bonds is 9. The maximum atomic E-state index is 11.5.